The third kappa shape index (κ3) is 7.04. The summed E-state index contributed by atoms with van der Waals surface area (Å²) in [6.45, 7) is 7.04. The van der Waals surface area contributed by atoms with Crippen LogP contribution in [0.2, 0.25) is 0 Å². The van der Waals surface area contributed by atoms with E-state index in [4.69, 9.17) is 0 Å². The molecule has 0 heterocycles. The summed E-state index contributed by atoms with van der Waals surface area (Å²) >= 11 is 0. The molecular weight excluding hydrogens is 136 g/mol. The first-order valence-corrected chi connectivity index (χ1v) is 4.07. The van der Waals surface area contributed by atoms with Crippen molar-refractivity contribution in [2.75, 3.05) is 0 Å². The molecule has 0 fully saturated rings. The molecule has 0 saturated heterocycles. The number of hydrogen-bond donors (Lipinski definition) is 0. The summed E-state index contributed by atoms with van der Waals surface area (Å²) in [4.78, 5) is 10.7. The highest BCUT2D eigenvalue weighted by Gasteiger charge is 1.93. The molecule has 0 N–H and O–H groups in total. The predicted octanol–water partition coefficient (Wildman–Crippen LogP) is 2.88. The number of hydrogen-bond acceptors (Lipinski definition) is 1. The van der Waals surface area contributed by atoms with Crippen molar-refractivity contribution in [1.82, 2.24) is 0 Å². The Morgan fingerprint density at radius 3 is 2.45 bits per heavy atom. The number of rotatable bonds is 7. The van der Waals surface area contributed by atoms with E-state index in [9.17, 15) is 4.79 Å². The number of unbranched alkanes of at least 4 members (excludes halogenated alkanes) is 3. The van der Waals surface area contributed by atoms with Gasteiger partial charge in [0.1, 0.15) is 0 Å². The highest BCUT2D eigenvalue weighted by molar-refractivity contribution is 5.88. The summed E-state index contributed by atoms with van der Waals surface area (Å²) in [7, 11) is 0. The van der Waals surface area contributed by atoms with Crippen LogP contribution < -0.4 is 0 Å². The Kier molecular flexibility index (Phi) is 6.70. The number of allylic oxidation sites excluding steroid dienone is 2. The summed E-state index contributed by atoms with van der Waals surface area (Å²) in [5.74, 6) is 0.156. The molecule has 1 nitrogen and oxygen atoms in total. The molecule has 0 rings (SSSR count). The van der Waals surface area contributed by atoms with Gasteiger partial charge in [-0.15, -0.1) is 6.58 Å². The van der Waals surface area contributed by atoms with Crippen molar-refractivity contribution in [1.29, 1.82) is 0 Å². The molecule has 0 saturated carbocycles. The topological polar surface area (TPSA) is 17.1 Å². The molecule has 0 bridgehead atoms. The average Bonchev–Trinajstić information content (AvgIpc) is 2.04. The van der Waals surface area contributed by atoms with Crippen LogP contribution in [0.1, 0.15) is 32.1 Å². The Balaban J connectivity index is 3.07. The van der Waals surface area contributed by atoms with Crippen molar-refractivity contribution in [3.05, 3.63) is 25.3 Å². The summed E-state index contributed by atoms with van der Waals surface area (Å²) in [5.41, 5.74) is 0. The molecule has 0 spiro atoms. The third-order valence-electron chi connectivity index (χ3n) is 1.56. The van der Waals surface area contributed by atoms with E-state index in [0.29, 0.717) is 6.42 Å². The van der Waals surface area contributed by atoms with E-state index in [-0.39, 0.29) is 5.78 Å². The zero-order valence-corrected chi connectivity index (χ0v) is 7.01. The molecule has 0 unspecified atom stereocenters. The van der Waals surface area contributed by atoms with Crippen molar-refractivity contribution in [3.63, 3.8) is 0 Å². The first kappa shape index (κ1) is 10.2. The molecule has 0 aromatic rings. The number of ketones is 1. The normalized spacial score (nSPS) is 9.09. The van der Waals surface area contributed by atoms with Crippen LogP contribution in [0, 0.1) is 0 Å². The summed E-state index contributed by atoms with van der Waals surface area (Å²) < 4.78 is 0. The van der Waals surface area contributed by atoms with Gasteiger partial charge in [0.15, 0.2) is 5.78 Å². The molecule has 1 heteroatoms. The highest BCUT2D eigenvalue weighted by atomic mass is 16.1. The van der Waals surface area contributed by atoms with Gasteiger partial charge in [0.25, 0.3) is 0 Å². The second-order valence-corrected chi connectivity index (χ2v) is 2.56. The zero-order valence-electron chi connectivity index (χ0n) is 7.01. The maximum atomic E-state index is 10.7. The van der Waals surface area contributed by atoms with Crippen LogP contribution in [-0.2, 0) is 4.79 Å². The van der Waals surface area contributed by atoms with E-state index in [1.54, 1.807) is 0 Å². The van der Waals surface area contributed by atoms with Crippen molar-refractivity contribution in [2.45, 2.75) is 32.1 Å². The van der Waals surface area contributed by atoms with Crippen molar-refractivity contribution in [2.24, 2.45) is 0 Å². The van der Waals surface area contributed by atoms with Crippen LogP contribution in [-0.4, -0.2) is 5.78 Å². The monoisotopic (exact) mass is 152 g/mol. The van der Waals surface area contributed by atoms with Crippen molar-refractivity contribution >= 4 is 5.78 Å². The molecule has 0 aliphatic heterocycles. The molecular formula is C10H16O. The Morgan fingerprint density at radius 1 is 1.18 bits per heavy atom. The largest absolute Gasteiger partial charge is 0.295 e. The third-order valence-corrected chi connectivity index (χ3v) is 1.56. The summed E-state index contributed by atoms with van der Waals surface area (Å²) in [5, 5.41) is 0. The van der Waals surface area contributed by atoms with Crippen LogP contribution in [0.25, 0.3) is 0 Å². The lowest BCUT2D eigenvalue weighted by Crippen LogP contribution is -1.90. The molecule has 0 aliphatic carbocycles. The van der Waals surface area contributed by atoms with E-state index in [2.05, 4.69) is 13.2 Å². The van der Waals surface area contributed by atoms with E-state index in [1.165, 1.54) is 6.08 Å². The Bertz CT molecular complexity index is 136. The highest BCUT2D eigenvalue weighted by Crippen LogP contribution is 2.03. The maximum Gasteiger partial charge on any atom is 0.155 e. The summed E-state index contributed by atoms with van der Waals surface area (Å²) in [6, 6.07) is 0. The van der Waals surface area contributed by atoms with Crippen LogP contribution >= 0.6 is 0 Å². The molecule has 0 aromatic heterocycles. The first-order valence-electron chi connectivity index (χ1n) is 4.07. The Hall–Kier alpha value is -0.850. The molecule has 0 aliphatic rings. The fourth-order valence-corrected chi connectivity index (χ4v) is 0.867. The van der Waals surface area contributed by atoms with Gasteiger partial charge in [-0.2, -0.15) is 0 Å². The average molecular weight is 152 g/mol. The lowest BCUT2D eigenvalue weighted by molar-refractivity contribution is -0.114. The van der Waals surface area contributed by atoms with Gasteiger partial charge in [0.2, 0.25) is 0 Å². The zero-order chi connectivity index (χ0) is 8.53. The molecule has 0 amide bonds. The van der Waals surface area contributed by atoms with Gasteiger partial charge in [0.05, 0.1) is 0 Å². The van der Waals surface area contributed by atoms with Gasteiger partial charge in [-0.05, 0) is 25.3 Å². The second kappa shape index (κ2) is 7.26. The quantitative estimate of drug-likeness (QED) is 0.311. The number of carbonyl (C=O) groups is 1. The molecule has 0 atom stereocenters. The standard InChI is InChI=1S/C10H16O/c1-3-5-6-7-8-9-10(11)4-2/h3-4H,1-2,5-9H2. The minimum Gasteiger partial charge on any atom is -0.295 e. The Labute approximate surface area is 68.8 Å². The Morgan fingerprint density at radius 2 is 1.91 bits per heavy atom. The van der Waals surface area contributed by atoms with E-state index in [1.807, 2.05) is 6.08 Å². The first-order chi connectivity index (χ1) is 5.31. The van der Waals surface area contributed by atoms with Gasteiger partial charge in [-0.1, -0.05) is 19.1 Å². The lowest BCUT2D eigenvalue weighted by Gasteiger charge is -1.94. The second-order valence-electron chi connectivity index (χ2n) is 2.56. The van der Waals surface area contributed by atoms with Crippen LogP contribution in [0.5, 0.6) is 0 Å². The van der Waals surface area contributed by atoms with Crippen LogP contribution in [0.4, 0.5) is 0 Å². The minimum atomic E-state index is 0.156. The van der Waals surface area contributed by atoms with Crippen LogP contribution in [0.15, 0.2) is 25.3 Å². The molecule has 62 valence electrons. The van der Waals surface area contributed by atoms with Gasteiger partial charge in [-0.3, -0.25) is 4.79 Å². The lowest BCUT2D eigenvalue weighted by atomic mass is 10.1. The van der Waals surface area contributed by atoms with Crippen LogP contribution in [0.3, 0.4) is 0 Å². The molecule has 11 heavy (non-hydrogen) atoms. The maximum absolute atomic E-state index is 10.7. The van der Waals surface area contributed by atoms with E-state index in [0.717, 1.165) is 25.7 Å². The van der Waals surface area contributed by atoms with Crippen molar-refractivity contribution in [3.8, 4) is 0 Å². The fraction of sp³-hybridized carbons (Fsp3) is 0.500. The minimum absolute atomic E-state index is 0.156. The SMILES string of the molecule is C=CCCCCCC(=O)C=C. The fourth-order valence-electron chi connectivity index (χ4n) is 0.867. The summed E-state index contributed by atoms with van der Waals surface area (Å²) in [6.07, 6.45) is 8.27. The van der Waals surface area contributed by atoms with E-state index < -0.39 is 0 Å². The number of carbonyl (C=O) groups excluding carboxylic acids is 1. The smallest absolute Gasteiger partial charge is 0.155 e. The predicted molar refractivity (Wildman–Crippen MR) is 48.5 cm³/mol. The van der Waals surface area contributed by atoms with Gasteiger partial charge in [0, 0.05) is 6.42 Å². The molecule has 0 radical (unpaired) electrons. The van der Waals surface area contributed by atoms with Gasteiger partial charge < -0.3 is 0 Å². The van der Waals surface area contributed by atoms with Gasteiger partial charge in [-0.25, -0.2) is 0 Å². The van der Waals surface area contributed by atoms with Crippen molar-refractivity contribution < 1.29 is 4.79 Å². The molecule has 0 aromatic carbocycles. The van der Waals surface area contributed by atoms with E-state index >= 15 is 0 Å². The van der Waals surface area contributed by atoms with Gasteiger partial charge >= 0.3 is 0 Å².